The Hall–Kier alpha value is -2.63. The monoisotopic (exact) mass is 301 g/mol. The van der Waals surface area contributed by atoms with Gasteiger partial charge in [0.05, 0.1) is 5.69 Å². The number of carbonyl (C=O) groups is 2. The van der Waals surface area contributed by atoms with Crippen molar-refractivity contribution in [2.24, 2.45) is 0 Å². The van der Waals surface area contributed by atoms with Gasteiger partial charge in [0.15, 0.2) is 0 Å². The summed E-state index contributed by atoms with van der Waals surface area (Å²) in [6.45, 7) is 5.29. The number of ether oxygens (including phenoxy) is 1. The number of hydrogen-bond donors (Lipinski definition) is 1. The van der Waals surface area contributed by atoms with Gasteiger partial charge in [-0.05, 0) is 32.9 Å². The van der Waals surface area contributed by atoms with E-state index in [0.29, 0.717) is 11.8 Å². The van der Waals surface area contributed by atoms with E-state index < -0.39 is 17.7 Å². The second-order valence-electron chi connectivity index (χ2n) is 5.77. The maximum absolute atomic E-state index is 11.9. The van der Waals surface area contributed by atoms with Crippen molar-refractivity contribution in [3.05, 3.63) is 48.3 Å². The highest BCUT2D eigenvalue weighted by atomic mass is 16.6. The van der Waals surface area contributed by atoms with E-state index in [4.69, 9.17) is 4.74 Å². The highest BCUT2D eigenvalue weighted by molar-refractivity contribution is 5.75. The van der Waals surface area contributed by atoms with Crippen LogP contribution < -0.4 is 5.32 Å². The second kappa shape index (κ2) is 6.43. The van der Waals surface area contributed by atoms with E-state index in [1.807, 2.05) is 12.1 Å². The SMILES string of the molecule is CC(C)(C)OC(=O)NC(C=O)c1ccccc1-n1cccn1. The zero-order valence-corrected chi connectivity index (χ0v) is 12.8. The van der Waals surface area contributed by atoms with E-state index in [-0.39, 0.29) is 0 Å². The number of aldehydes is 1. The minimum Gasteiger partial charge on any atom is -0.444 e. The molecule has 22 heavy (non-hydrogen) atoms. The number of nitrogens with zero attached hydrogens (tertiary/aromatic N) is 2. The Morgan fingerprint density at radius 3 is 2.64 bits per heavy atom. The first-order chi connectivity index (χ1) is 10.4. The fourth-order valence-corrected chi connectivity index (χ4v) is 1.99. The fraction of sp³-hybridized carbons (Fsp3) is 0.312. The van der Waals surface area contributed by atoms with E-state index in [2.05, 4.69) is 10.4 Å². The molecular formula is C16H19N3O3. The predicted octanol–water partition coefficient (Wildman–Crippen LogP) is 2.64. The van der Waals surface area contributed by atoms with Crippen molar-refractivity contribution in [1.29, 1.82) is 0 Å². The third-order valence-corrected chi connectivity index (χ3v) is 2.83. The predicted molar refractivity (Wildman–Crippen MR) is 81.7 cm³/mol. The van der Waals surface area contributed by atoms with Crippen molar-refractivity contribution in [2.75, 3.05) is 0 Å². The van der Waals surface area contributed by atoms with E-state index in [1.54, 1.807) is 56.0 Å². The van der Waals surface area contributed by atoms with Gasteiger partial charge >= 0.3 is 6.09 Å². The van der Waals surface area contributed by atoms with Gasteiger partial charge in [-0.2, -0.15) is 5.10 Å². The van der Waals surface area contributed by atoms with Crippen LogP contribution in [0.3, 0.4) is 0 Å². The van der Waals surface area contributed by atoms with Gasteiger partial charge in [-0.1, -0.05) is 18.2 Å². The molecular weight excluding hydrogens is 282 g/mol. The quantitative estimate of drug-likeness (QED) is 0.881. The summed E-state index contributed by atoms with van der Waals surface area (Å²) in [5, 5.41) is 6.73. The number of aromatic nitrogens is 2. The summed E-state index contributed by atoms with van der Waals surface area (Å²) in [5.41, 5.74) is 0.742. The molecule has 0 aliphatic rings. The first kappa shape index (κ1) is 15.8. The van der Waals surface area contributed by atoms with Crippen LogP contribution in [0.1, 0.15) is 32.4 Å². The van der Waals surface area contributed by atoms with E-state index >= 15 is 0 Å². The molecule has 2 rings (SSSR count). The van der Waals surface area contributed by atoms with Crippen molar-refractivity contribution in [3.63, 3.8) is 0 Å². The van der Waals surface area contributed by atoms with Gasteiger partial charge in [0.1, 0.15) is 17.9 Å². The molecule has 1 unspecified atom stereocenters. The molecule has 1 heterocycles. The number of hydrogen-bond acceptors (Lipinski definition) is 4. The molecule has 1 atom stereocenters. The summed E-state index contributed by atoms with van der Waals surface area (Å²) in [7, 11) is 0. The Morgan fingerprint density at radius 2 is 2.05 bits per heavy atom. The molecule has 2 aromatic rings. The van der Waals surface area contributed by atoms with Crippen molar-refractivity contribution in [2.45, 2.75) is 32.4 Å². The molecule has 116 valence electrons. The lowest BCUT2D eigenvalue weighted by Gasteiger charge is -2.22. The maximum Gasteiger partial charge on any atom is 0.408 e. The highest BCUT2D eigenvalue weighted by Gasteiger charge is 2.22. The van der Waals surface area contributed by atoms with Crippen molar-refractivity contribution in [3.8, 4) is 5.69 Å². The van der Waals surface area contributed by atoms with Gasteiger partial charge in [-0.3, -0.25) is 0 Å². The van der Waals surface area contributed by atoms with Crippen LogP contribution in [-0.2, 0) is 9.53 Å². The maximum atomic E-state index is 11.9. The molecule has 0 radical (unpaired) electrons. The molecule has 0 aliphatic heterocycles. The molecule has 0 fully saturated rings. The van der Waals surface area contributed by atoms with Gasteiger partial charge in [0.25, 0.3) is 0 Å². The largest absolute Gasteiger partial charge is 0.444 e. The number of benzene rings is 1. The molecule has 1 N–H and O–H groups in total. The van der Waals surface area contributed by atoms with Gasteiger partial charge < -0.3 is 14.8 Å². The van der Waals surface area contributed by atoms with Gasteiger partial charge in [-0.25, -0.2) is 9.48 Å². The number of nitrogens with one attached hydrogen (secondary N) is 1. The Kier molecular flexibility index (Phi) is 4.60. The van der Waals surface area contributed by atoms with E-state index in [0.717, 1.165) is 5.69 Å². The van der Waals surface area contributed by atoms with Gasteiger partial charge in [-0.15, -0.1) is 0 Å². The van der Waals surface area contributed by atoms with Crippen molar-refractivity contribution < 1.29 is 14.3 Å². The molecule has 6 heteroatoms. The molecule has 6 nitrogen and oxygen atoms in total. The summed E-state index contributed by atoms with van der Waals surface area (Å²) in [4.78, 5) is 23.3. The van der Waals surface area contributed by atoms with Crippen molar-refractivity contribution in [1.82, 2.24) is 15.1 Å². The topological polar surface area (TPSA) is 73.2 Å². The molecule has 1 aromatic carbocycles. The first-order valence-corrected chi connectivity index (χ1v) is 6.94. The average Bonchev–Trinajstić information content (AvgIpc) is 2.97. The Morgan fingerprint density at radius 1 is 1.32 bits per heavy atom. The van der Waals surface area contributed by atoms with E-state index in [1.165, 1.54) is 0 Å². The van der Waals surface area contributed by atoms with Crippen molar-refractivity contribution >= 4 is 12.4 Å². The minimum atomic E-state index is -0.810. The van der Waals surface area contributed by atoms with Crippen LogP contribution in [0.4, 0.5) is 4.79 Å². The van der Waals surface area contributed by atoms with Crippen LogP contribution in [0.2, 0.25) is 0 Å². The molecule has 0 saturated carbocycles. The summed E-state index contributed by atoms with van der Waals surface area (Å²) in [6, 6.07) is 8.22. The third-order valence-electron chi connectivity index (χ3n) is 2.83. The lowest BCUT2D eigenvalue weighted by molar-refractivity contribution is -0.109. The van der Waals surface area contributed by atoms with Crippen LogP contribution in [0.15, 0.2) is 42.7 Å². The second-order valence-corrected chi connectivity index (χ2v) is 5.77. The molecule has 1 aromatic heterocycles. The number of para-hydroxylation sites is 1. The Bertz CT molecular complexity index is 645. The first-order valence-electron chi connectivity index (χ1n) is 6.94. The molecule has 1 amide bonds. The molecule has 0 saturated heterocycles. The number of carbonyl (C=O) groups excluding carboxylic acids is 2. The Labute approximate surface area is 129 Å². The van der Waals surface area contributed by atoms with Gasteiger partial charge in [0.2, 0.25) is 0 Å². The van der Waals surface area contributed by atoms with Crippen LogP contribution in [0, 0.1) is 0 Å². The van der Waals surface area contributed by atoms with Crippen LogP contribution in [-0.4, -0.2) is 27.8 Å². The summed E-state index contributed by atoms with van der Waals surface area (Å²) in [6.07, 6.45) is 3.45. The fourth-order valence-electron chi connectivity index (χ4n) is 1.99. The lowest BCUT2D eigenvalue weighted by Crippen LogP contribution is -2.35. The molecule has 0 spiro atoms. The van der Waals surface area contributed by atoms with Crippen LogP contribution in [0.25, 0.3) is 5.69 Å². The smallest absolute Gasteiger partial charge is 0.408 e. The summed E-state index contributed by atoms with van der Waals surface area (Å²) in [5.74, 6) is 0. The zero-order valence-electron chi connectivity index (χ0n) is 12.8. The van der Waals surface area contributed by atoms with Gasteiger partial charge in [0, 0.05) is 18.0 Å². The van der Waals surface area contributed by atoms with Crippen LogP contribution >= 0.6 is 0 Å². The third kappa shape index (κ3) is 3.94. The lowest BCUT2D eigenvalue weighted by atomic mass is 10.1. The molecule has 0 bridgehead atoms. The Balaban J connectivity index is 2.25. The van der Waals surface area contributed by atoms with E-state index in [9.17, 15) is 9.59 Å². The summed E-state index contributed by atoms with van der Waals surface area (Å²) >= 11 is 0. The number of rotatable bonds is 4. The highest BCUT2D eigenvalue weighted by Crippen LogP contribution is 2.20. The average molecular weight is 301 g/mol. The number of alkyl carbamates (subject to hydrolysis) is 1. The minimum absolute atomic E-state index is 0.626. The zero-order chi connectivity index (χ0) is 16.2. The molecule has 0 aliphatic carbocycles. The number of amides is 1. The normalized spacial score (nSPS) is 12.5. The van der Waals surface area contributed by atoms with Crippen LogP contribution in [0.5, 0.6) is 0 Å². The summed E-state index contributed by atoms with van der Waals surface area (Å²) < 4.78 is 6.83. The standard InChI is InChI=1S/C16H19N3O3/c1-16(2,3)22-15(21)18-13(11-20)12-7-4-5-8-14(12)19-10-6-9-17-19/h4-11,13H,1-3H3,(H,18,21).